The van der Waals surface area contributed by atoms with E-state index in [-0.39, 0.29) is 0 Å². The first kappa shape index (κ1) is 22.7. The second-order valence-corrected chi connectivity index (χ2v) is 8.51. The Bertz CT molecular complexity index is 608. The van der Waals surface area contributed by atoms with Gasteiger partial charge in [-0.15, -0.1) is 0 Å². The van der Waals surface area contributed by atoms with Crippen LogP contribution in [0.25, 0.3) is 0 Å². The highest BCUT2D eigenvalue weighted by Gasteiger charge is 2.33. The number of rotatable bonds is 10. The third-order valence-corrected chi connectivity index (χ3v) is 6.22. The van der Waals surface area contributed by atoms with Crippen molar-refractivity contribution in [2.45, 2.75) is 65.1 Å². The Morgan fingerprint density at radius 1 is 1.18 bits per heavy atom. The molecule has 0 saturated heterocycles. The Hall–Kier alpha value is -1.59. The number of benzene rings is 1. The zero-order valence-corrected chi connectivity index (χ0v) is 18.6. The first-order valence-electron chi connectivity index (χ1n) is 10.7. The Kier molecular flexibility index (Phi) is 9.26. The third-order valence-electron chi connectivity index (χ3n) is 6.22. The number of nitrogens with one attached hydrogen (secondary N) is 2. The van der Waals surface area contributed by atoms with Crippen molar-refractivity contribution in [3.05, 3.63) is 35.4 Å². The van der Waals surface area contributed by atoms with E-state index < -0.39 is 0 Å². The number of guanidine groups is 1. The van der Waals surface area contributed by atoms with Gasteiger partial charge in [-0.3, -0.25) is 9.89 Å². The van der Waals surface area contributed by atoms with Gasteiger partial charge in [-0.25, -0.2) is 0 Å². The molecule has 1 aliphatic carbocycles. The van der Waals surface area contributed by atoms with Crippen LogP contribution in [0.1, 0.15) is 57.1 Å². The Balaban J connectivity index is 1.92. The Morgan fingerprint density at radius 3 is 2.46 bits per heavy atom. The van der Waals surface area contributed by atoms with Gasteiger partial charge in [-0.1, -0.05) is 37.1 Å². The summed E-state index contributed by atoms with van der Waals surface area (Å²) in [6.07, 6.45) is 6.34. The smallest absolute Gasteiger partial charge is 0.191 e. The van der Waals surface area contributed by atoms with Gasteiger partial charge in [0.2, 0.25) is 0 Å². The standard InChI is InChI=1S/C23H40N4O/c1-19(2)27(4)17-21-11-7-6-10-20(21)16-25-22(24-3)26-18-23(14-15-28-5)12-8-9-13-23/h6-7,10-11,19H,8-9,12-18H2,1-5H3,(H2,24,25,26). The van der Waals surface area contributed by atoms with Crippen LogP contribution in [0.5, 0.6) is 0 Å². The van der Waals surface area contributed by atoms with Crippen LogP contribution in [0.4, 0.5) is 0 Å². The van der Waals surface area contributed by atoms with Crippen LogP contribution in [0, 0.1) is 5.41 Å². The molecule has 0 aliphatic heterocycles. The topological polar surface area (TPSA) is 48.9 Å². The van der Waals surface area contributed by atoms with E-state index in [1.165, 1.54) is 36.8 Å². The van der Waals surface area contributed by atoms with Gasteiger partial charge in [0.15, 0.2) is 5.96 Å². The van der Waals surface area contributed by atoms with Gasteiger partial charge < -0.3 is 15.4 Å². The van der Waals surface area contributed by atoms with E-state index in [0.29, 0.717) is 11.5 Å². The van der Waals surface area contributed by atoms with Gasteiger partial charge in [0.25, 0.3) is 0 Å². The van der Waals surface area contributed by atoms with Crippen molar-refractivity contribution >= 4 is 5.96 Å². The van der Waals surface area contributed by atoms with Crippen molar-refractivity contribution in [1.29, 1.82) is 0 Å². The van der Waals surface area contributed by atoms with Crippen LogP contribution >= 0.6 is 0 Å². The quantitative estimate of drug-likeness (QED) is 0.473. The summed E-state index contributed by atoms with van der Waals surface area (Å²) in [6.45, 7) is 8.01. The molecule has 1 saturated carbocycles. The van der Waals surface area contributed by atoms with Crippen LogP contribution in [0.3, 0.4) is 0 Å². The van der Waals surface area contributed by atoms with Gasteiger partial charge in [0.1, 0.15) is 0 Å². The molecule has 158 valence electrons. The maximum absolute atomic E-state index is 5.35. The minimum Gasteiger partial charge on any atom is -0.385 e. The van der Waals surface area contributed by atoms with E-state index in [1.807, 2.05) is 7.05 Å². The van der Waals surface area contributed by atoms with Gasteiger partial charge in [-0.05, 0) is 56.7 Å². The first-order chi connectivity index (χ1) is 13.5. The van der Waals surface area contributed by atoms with Crippen LogP contribution in [-0.4, -0.2) is 51.3 Å². The largest absolute Gasteiger partial charge is 0.385 e. The van der Waals surface area contributed by atoms with Crippen molar-refractivity contribution < 1.29 is 4.74 Å². The monoisotopic (exact) mass is 388 g/mol. The molecule has 0 amide bonds. The zero-order chi connectivity index (χ0) is 20.4. The molecular weight excluding hydrogens is 348 g/mol. The molecule has 1 aromatic carbocycles. The van der Waals surface area contributed by atoms with E-state index in [9.17, 15) is 0 Å². The van der Waals surface area contributed by atoms with Crippen molar-refractivity contribution in [2.24, 2.45) is 10.4 Å². The lowest BCUT2D eigenvalue weighted by Gasteiger charge is -2.30. The van der Waals surface area contributed by atoms with Crippen molar-refractivity contribution in [1.82, 2.24) is 15.5 Å². The number of nitrogens with zero attached hydrogens (tertiary/aromatic N) is 2. The maximum Gasteiger partial charge on any atom is 0.191 e. The van der Waals surface area contributed by atoms with Crippen LogP contribution in [-0.2, 0) is 17.8 Å². The molecular formula is C23H40N4O. The summed E-state index contributed by atoms with van der Waals surface area (Å²) in [5.74, 6) is 0.885. The van der Waals surface area contributed by atoms with Crippen LogP contribution in [0.2, 0.25) is 0 Å². The van der Waals surface area contributed by atoms with E-state index in [2.05, 4.69) is 65.7 Å². The summed E-state index contributed by atoms with van der Waals surface area (Å²) in [4.78, 5) is 6.81. The molecule has 2 rings (SSSR count). The molecule has 1 aliphatic rings. The van der Waals surface area contributed by atoms with Gasteiger partial charge >= 0.3 is 0 Å². The average Bonchev–Trinajstić information content (AvgIpc) is 3.16. The molecule has 5 nitrogen and oxygen atoms in total. The van der Waals surface area contributed by atoms with Gasteiger partial charge in [0.05, 0.1) is 0 Å². The predicted molar refractivity (Wildman–Crippen MR) is 119 cm³/mol. The van der Waals surface area contributed by atoms with E-state index >= 15 is 0 Å². The minimum atomic E-state index is 0.353. The Morgan fingerprint density at radius 2 is 1.86 bits per heavy atom. The molecule has 0 atom stereocenters. The van der Waals surface area contributed by atoms with E-state index in [0.717, 1.165) is 38.6 Å². The molecule has 0 aromatic heterocycles. The fraction of sp³-hybridized carbons (Fsp3) is 0.696. The van der Waals surface area contributed by atoms with E-state index in [4.69, 9.17) is 4.74 Å². The van der Waals surface area contributed by atoms with Gasteiger partial charge in [0, 0.05) is 46.4 Å². The predicted octanol–water partition coefficient (Wildman–Crippen LogP) is 3.79. The normalized spacial score (nSPS) is 16.8. The molecule has 2 N–H and O–H groups in total. The Labute approximate surface area is 171 Å². The molecule has 0 spiro atoms. The summed E-state index contributed by atoms with van der Waals surface area (Å²) >= 11 is 0. The molecule has 0 radical (unpaired) electrons. The molecule has 1 aromatic rings. The van der Waals surface area contributed by atoms with Crippen molar-refractivity contribution in [2.75, 3.05) is 34.4 Å². The van der Waals surface area contributed by atoms with Crippen LogP contribution < -0.4 is 10.6 Å². The number of hydrogen-bond donors (Lipinski definition) is 2. The van der Waals surface area contributed by atoms with Crippen molar-refractivity contribution in [3.8, 4) is 0 Å². The molecule has 28 heavy (non-hydrogen) atoms. The summed E-state index contributed by atoms with van der Waals surface area (Å²) < 4.78 is 5.35. The number of methoxy groups -OCH3 is 1. The van der Waals surface area contributed by atoms with Crippen LogP contribution in [0.15, 0.2) is 29.3 Å². The highest BCUT2D eigenvalue weighted by Crippen LogP contribution is 2.40. The number of aliphatic imine (C=N–C) groups is 1. The lowest BCUT2D eigenvalue weighted by atomic mass is 9.83. The molecule has 0 unspecified atom stereocenters. The zero-order valence-electron chi connectivity index (χ0n) is 18.6. The maximum atomic E-state index is 5.35. The summed E-state index contributed by atoms with van der Waals surface area (Å²) in [5.41, 5.74) is 3.05. The van der Waals surface area contributed by atoms with E-state index in [1.54, 1.807) is 7.11 Å². The lowest BCUT2D eigenvalue weighted by molar-refractivity contribution is 0.138. The first-order valence-corrected chi connectivity index (χ1v) is 10.7. The highest BCUT2D eigenvalue weighted by molar-refractivity contribution is 5.79. The minimum absolute atomic E-state index is 0.353. The summed E-state index contributed by atoms with van der Waals surface area (Å²) in [6, 6.07) is 9.21. The molecule has 5 heteroatoms. The third kappa shape index (κ3) is 6.78. The number of ether oxygens (including phenoxy) is 1. The highest BCUT2D eigenvalue weighted by atomic mass is 16.5. The molecule has 0 heterocycles. The molecule has 1 fully saturated rings. The van der Waals surface area contributed by atoms with Crippen molar-refractivity contribution in [3.63, 3.8) is 0 Å². The van der Waals surface area contributed by atoms with Gasteiger partial charge in [-0.2, -0.15) is 0 Å². The fourth-order valence-corrected chi connectivity index (χ4v) is 3.96. The summed E-state index contributed by atoms with van der Waals surface area (Å²) in [5, 5.41) is 7.10. The second kappa shape index (κ2) is 11.4. The summed E-state index contributed by atoms with van der Waals surface area (Å²) in [7, 11) is 5.82. The lowest BCUT2D eigenvalue weighted by Crippen LogP contribution is -2.43. The average molecular weight is 389 g/mol. The second-order valence-electron chi connectivity index (χ2n) is 8.51. The SMILES string of the molecule is CN=C(NCc1ccccc1CN(C)C(C)C)NCC1(CCOC)CCCC1. The molecule has 0 bridgehead atoms. The fourth-order valence-electron chi connectivity index (χ4n) is 3.96. The number of hydrogen-bond acceptors (Lipinski definition) is 3.